The Hall–Kier alpha value is -1.10. The molecule has 1 unspecified atom stereocenters. The first-order valence-corrected chi connectivity index (χ1v) is 6.49. The third kappa shape index (κ3) is 4.82. The summed E-state index contributed by atoms with van der Waals surface area (Å²) >= 11 is 0. The van der Waals surface area contributed by atoms with Crippen molar-refractivity contribution < 1.29 is 9.90 Å². The number of piperidine rings is 1. The van der Waals surface area contributed by atoms with Crippen molar-refractivity contribution in [2.45, 2.75) is 18.9 Å². The molecular weight excluding hydrogens is 264 g/mol. The Morgan fingerprint density at radius 1 is 1.42 bits per heavy atom. The van der Waals surface area contributed by atoms with Crippen LogP contribution in [-0.2, 0) is 4.79 Å². The minimum Gasteiger partial charge on any atom is -0.387 e. The Kier molecular flexibility index (Phi) is 6.84. The van der Waals surface area contributed by atoms with E-state index in [4.69, 9.17) is 0 Å². The van der Waals surface area contributed by atoms with Crippen LogP contribution in [-0.4, -0.2) is 30.6 Å². The molecule has 0 saturated carbocycles. The second-order valence-electron chi connectivity index (χ2n) is 4.71. The van der Waals surface area contributed by atoms with Gasteiger partial charge in [-0.25, -0.2) is 0 Å². The summed E-state index contributed by atoms with van der Waals surface area (Å²) in [5, 5.41) is 16.0. The molecule has 1 aliphatic rings. The van der Waals surface area contributed by atoms with Gasteiger partial charge in [0, 0.05) is 13.1 Å². The van der Waals surface area contributed by atoms with E-state index in [-0.39, 0.29) is 30.8 Å². The van der Waals surface area contributed by atoms with Gasteiger partial charge in [-0.3, -0.25) is 4.79 Å². The molecule has 0 radical (unpaired) electrons. The Morgan fingerprint density at radius 2 is 2.16 bits per heavy atom. The summed E-state index contributed by atoms with van der Waals surface area (Å²) in [6.45, 7) is 2.02. The Bertz CT molecular complexity index is 380. The van der Waals surface area contributed by atoms with Gasteiger partial charge in [0.2, 0.25) is 5.91 Å². The molecule has 19 heavy (non-hydrogen) atoms. The van der Waals surface area contributed by atoms with Crippen molar-refractivity contribution in [3.63, 3.8) is 0 Å². The molecule has 0 bridgehead atoms. The van der Waals surface area contributed by atoms with Crippen LogP contribution in [0.15, 0.2) is 30.3 Å². The molecule has 1 amide bonds. The molecule has 3 N–H and O–H groups in total. The zero-order chi connectivity index (χ0) is 12.8. The van der Waals surface area contributed by atoms with Crippen molar-refractivity contribution in [3.05, 3.63) is 35.9 Å². The molecule has 1 aromatic rings. The third-order valence-electron chi connectivity index (χ3n) is 3.32. The maximum Gasteiger partial charge on any atom is 0.224 e. The van der Waals surface area contributed by atoms with E-state index in [0.717, 1.165) is 31.5 Å². The largest absolute Gasteiger partial charge is 0.387 e. The summed E-state index contributed by atoms with van der Waals surface area (Å²) in [7, 11) is 0. The predicted octanol–water partition coefficient (Wildman–Crippen LogP) is 1.26. The number of aliphatic hydroxyl groups excluding tert-OH is 1. The zero-order valence-electron chi connectivity index (χ0n) is 10.8. The van der Waals surface area contributed by atoms with Crippen LogP contribution >= 0.6 is 12.4 Å². The van der Waals surface area contributed by atoms with Gasteiger partial charge in [-0.1, -0.05) is 30.3 Å². The van der Waals surface area contributed by atoms with Crippen LogP contribution in [0.5, 0.6) is 0 Å². The summed E-state index contributed by atoms with van der Waals surface area (Å²) in [4.78, 5) is 11.9. The molecule has 1 saturated heterocycles. The van der Waals surface area contributed by atoms with Crippen molar-refractivity contribution in [2.24, 2.45) is 5.92 Å². The van der Waals surface area contributed by atoms with Crippen LogP contribution in [0.4, 0.5) is 0 Å². The average molecular weight is 285 g/mol. The van der Waals surface area contributed by atoms with Crippen molar-refractivity contribution in [3.8, 4) is 0 Å². The van der Waals surface area contributed by atoms with Gasteiger partial charge in [-0.05, 0) is 24.9 Å². The van der Waals surface area contributed by atoms with E-state index in [2.05, 4.69) is 10.6 Å². The SMILES string of the molecule is Cl.O=C(NCC(O)c1ccccc1)[C@@H]1CCCNC1. The van der Waals surface area contributed by atoms with E-state index in [9.17, 15) is 9.90 Å². The Balaban J connectivity index is 0.00000180. The first kappa shape index (κ1) is 16.0. The monoisotopic (exact) mass is 284 g/mol. The molecule has 1 aromatic carbocycles. The molecule has 2 rings (SSSR count). The fourth-order valence-electron chi connectivity index (χ4n) is 2.21. The topological polar surface area (TPSA) is 61.4 Å². The normalized spacial score (nSPS) is 20.2. The molecule has 4 nitrogen and oxygen atoms in total. The van der Waals surface area contributed by atoms with Gasteiger partial charge in [0.1, 0.15) is 0 Å². The van der Waals surface area contributed by atoms with Gasteiger partial charge >= 0.3 is 0 Å². The Morgan fingerprint density at radius 3 is 2.79 bits per heavy atom. The van der Waals surface area contributed by atoms with Gasteiger partial charge < -0.3 is 15.7 Å². The van der Waals surface area contributed by atoms with E-state index in [1.54, 1.807) is 0 Å². The highest BCUT2D eigenvalue weighted by molar-refractivity contribution is 5.85. The lowest BCUT2D eigenvalue weighted by Crippen LogP contribution is -2.41. The highest BCUT2D eigenvalue weighted by Crippen LogP contribution is 2.12. The number of benzene rings is 1. The maximum absolute atomic E-state index is 11.9. The molecule has 2 atom stereocenters. The Labute approximate surface area is 120 Å². The quantitative estimate of drug-likeness (QED) is 0.780. The lowest BCUT2D eigenvalue weighted by Gasteiger charge is -2.22. The lowest BCUT2D eigenvalue weighted by molar-refractivity contribution is -0.125. The van der Waals surface area contributed by atoms with Gasteiger partial charge in [-0.2, -0.15) is 0 Å². The summed E-state index contributed by atoms with van der Waals surface area (Å²) in [5.41, 5.74) is 0.833. The summed E-state index contributed by atoms with van der Waals surface area (Å²) in [6, 6.07) is 9.39. The van der Waals surface area contributed by atoms with Crippen LogP contribution in [0.2, 0.25) is 0 Å². The van der Waals surface area contributed by atoms with Crippen LogP contribution in [0.25, 0.3) is 0 Å². The number of carbonyl (C=O) groups is 1. The number of aliphatic hydroxyl groups is 1. The molecular formula is C14H21ClN2O2. The van der Waals surface area contributed by atoms with Gasteiger partial charge in [0.25, 0.3) is 0 Å². The molecule has 0 spiro atoms. The number of amides is 1. The highest BCUT2D eigenvalue weighted by atomic mass is 35.5. The lowest BCUT2D eigenvalue weighted by atomic mass is 9.98. The molecule has 0 aliphatic carbocycles. The predicted molar refractivity (Wildman–Crippen MR) is 77.3 cm³/mol. The number of hydrogen-bond donors (Lipinski definition) is 3. The highest BCUT2D eigenvalue weighted by Gasteiger charge is 2.21. The van der Waals surface area contributed by atoms with Crippen LogP contribution in [0, 0.1) is 5.92 Å². The summed E-state index contributed by atoms with van der Waals surface area (Å²) < 4.78 is 0. The zero-order valence-corrected chi connectivity index (χ0v) is 11.7. The maximum atomic E-state index is 11.9. The molecule has 106 valence electrons. The minimum atomic E-state index is -0.633. The first-order chi connectivity index (χ1) is 8.77. The van der Waals surface area contributed by atoms with Gasteiger partial charge in [0.05, 0.1) is 12.0 Å². The molecule has 5 heteroatoms. The minimum absolute atomic E-state index is 0. The van der Waals surface area contributed by atoms with E-state index in [1.807, 2.05) is 30.3 Å². The average Bonchev–Trinajstić information content (AvgIpc) is 2.46. The van der Waals surface area contributed by atoms with Crippen molar-refractivity contribution in [1.29, 1.82) is 0 Å². The summed E-state index contributed by atoms with van der Waals surface area (Å²) in [5.74, 6) is 0.0823. The van der Waals surface area contributed by atoms with Crippen LogP contribution in [0.3, 0.4) is 0 Å². The smallest absolute Gasteiger partial charge is 0.224 e. The standard InChI is InChI=1S/C14H20N2O2.ClH/c17-13(11-5-2-1-3-6-11)10-16-14(18)12-7-4-8-15-9-12;/h1-3,5-6,12-13,15,17H,4,7-10H2,(H,16,18);1H/t12-,13?;/m1./s1. The van der Waals surface area contributed by atoms with Crippen LogP contribution < -0.4 is 10.6 Å². The number of hydrogen-bond acceptors (Lipinski definition) is 3. The van der Waals surface area contributed by atoms with Gasteiger partial charge in [0.15, 0.2) is 0 Å². The fourth-order valence-corrected chi connectivity index (χ4v) is 2.21. The van der Waals surface area contributed by atoms with E-state index in [0.29, 0.717) is 0 Å². The van der Waals surface area contributed by atoms with E-state index < -0.39 is 6.10 Å². The van der Waals surface area contributed by atoms with Crippen molar-refractivity contribution in [1.82, 2.24) is 10.6 Å². The number of carbonyl (C=O) groups excluding carboxylic acids is 1. The third-order valence-corrected chi connectivity index (χ3v) is 3.32. The fraction of sp³-hybridized carbons (Fsp3) is 0.500. The second-order valence-corrected chi connectivity index (χ2v) is 4.71. The number of rotatable bonds is 4. The first-order valence-electron chi connectivity index (χ1n) is 6.49. The van der Waals surface area contributed by atoms with E-state index in [1.165, 1.54) is 0 Å². The molecule has 1 fully saturated rings. The van der Waals surface area contributed by atoms with E-state index >= 15 is 0 Å². The summed E-state index contributed by atoms with van der Waals surface area (Å²) in [6.07, 6.45) is 1.34. The number of nitrogens with one attached hydrogen (secondary N) is 2. The molecule has 1 aliphatic heterocycles. The van der Waals surface area contributed by atoms with Crippen LogP contribution in [0.1, 0.15) is 24.5 Å². The number of halogens is 1. The molecule has 1 heterocycles. The van der Waals surface area contributed by atoms with Crippen molar-refractivity contribution in [2.75, 3.05) is 19.6 Å². The van der Waals surface area contributed by atoms with Crippen molar-refractivity contribution >= 4 is 18.3 Å². The molecule has 0 aromatic heterocycles. The van der Waals surface area contributed by atoms with Gasteiger partial charge in [-0.15, -0.1) is 12.4 Å². The second kappa shape index (κ2) is 8.15.